The van der Waals surface area contributed by atoms with Gasteiger partial charge in [-0.15, -0.1) is 11.3 Å². The number of aromatic hydroxyl groups is 1. The van der Waals surface area contributed by atoms with E-state index in [0.29, 0.717) is 21.8 Å². The van der Waals surface area contributed by atoms with Crippen LogP contribution in [0.25, 0.3) is 11.3 Å². The lowest BCUT2D eigenvalue weighted by Crippen LogP contribution is -2.15. The molecule has 0 aliphatic heterocycles. The highest BCUT2D eigenvalue weighted by Crippen LogP contribution is 2.39. The Hall–Kier alpha value is -3.13. The number of benzene rings is 1. The maximum absolute atomic E-state index is 12.8. The van der Waals surface area contributed by atoms with Crippen molar-refractivity contribution in [1.29, 1.82) is 0 Å². The van der Waals surface area contributed by atoms with Crippen LogP contribution in [-0.4, -0.2) is 34.3 Å². The second-order valence-electron chi connectivity index (χ2n) is 7.00. The van der Waals surface area contributed by atoms with Crippen LogP contribution in [-0.2, 0) is 17.6 Å². The smallest absolute Gasteiger partial charge is 0.341 e. The minimum atomic E-state index is -0.435. The van der Waals surface area contributed by atoms with E-state index in [2.05, 4.69) is 15.5 Å². The Morgan fingerprint density at radius 3 is 2.86 bits per heavy atom. The molecular weight excluding hydrogens is 390 g/mol. The number of carbonyl (C=O) groups excluding carboxylic acids is 2. The molecule has 0 atom stereocenters. The van der Waals surface area contributed by atoms with Crippen molar-refractivity contribution in [3.63, 3.8) is 0 Å². The third kappa shape index (κ3) is 3.51. The number of amides is 1. The van der Waals surface area contributed by atoms with E-state index in [1.807, 2.05) is 6.07 Å². The predicted octanol–water partition coefficient (Wildman–Crippen LogP) is 4.07. The number of H-pyrrole nitrogens is 1. The van der Waals surface area contributed by atoms with E-state index < -0.39 is 11.9 Å². The molecule has 7 nitrogen and oxygen atoms in total. The first-order valence-electron chi connectivity index (χ1n) is 9.38. The van der Waals surface area contributed by atoms with Crippen molar-refractivity contribution in [2.24, 2.45) is 0 Å². The summed E-state index contributed by atoms with van der Waals surface area (Å²) in [5.74, 6) is -0.709. The molecule has 150 valence electrons. The molecule has 0 saturated heterocycles. The number of phenolic OH excluding ortho intramolecular Hbond substituents is 1. The van der Waals surface area contributed by atoms with Gasteiger partial charge in [0.2, 0.25) is 0 Å². The van der Waals surface area contributed by atoms with Crippen LogP contribution in [0.3, 0.4) is 0 Å². The van der Waals surface area contributed by atoms with E-state index >= 15 is 0 Å². The number of ether oxygens (including phenoxy) is 1. The van der Waals surface area contributed by atoms with E-state index in [9.17, 15) is 14.7 Å². The van der Waals surface area contributed by atoms with Gasteiger partial charge in [0.15, 0.2) is 0 Å². The number of hydrogen-bond donors (Lipinski definition) is 3. The predicted molar refractivity (Wildman–Crippen MR) is 111 cm³/mol. The Morgan fingerprint density at radius 1 is 1.28 bits per heavy atom. The summed E-state index contributed by atoms with van der Waals surface area (Å²) in [6.07, 6.45) is 3.81. The van der Waals surface area contributed by atoms with Crippen molar-refractivity contribution >= 4 is 28.2 Å². The summed E-state index contributed by atoms with van der Waals surface area (Å²) in [6, 6.07) is 6.93. The SMILES string of the molecule is COC(=O)c1c(NC(=O)c2cc(-c3cccc(C)c3O)n[nH]2)sc2c1CCCC2. The van der Waals surface area contributed by atoms with Crippen molar-refractivity contribution in [1.82, 2.24) is 10.2 Å². The van der Waals surface area contributed by atoms with Crippen LogP contribution in [0.1, 0.15) is 49.7 Å². The monoisotopic (exact) mass is 411 g/mol. The van der Waals surface area contributed by atoms with Crippen LogP contribution >= 0.6 is 11.3 Å². The molecule has 0 spiro atoms. The van der Waals surface area contributed by atoms with E-state index in [0.717, 1.165) is 41.7 Å². The van der Waals surface area contributed by atoms with Crippen LogP contribution < -0.4 is 5.32 Å². The topological polar surface area (TPSA) is 104 Å². The van der Waals surface area contributed by atoms with Crippen LogP contribution in [0, 0.1) is 6.92 Å². The van der Waals surface area contributed by atoms with E-state index in [4.69, 9.17) is 4.74 Å². The third-order valence-electron chi connectivity index (χ3n) is 5.12. The van der Waals surface area contributed by atoms with Gasteiger partial charge in [-0.2, -0.15) is 5.10 Å². The highest BCUT2D eigenvalue weighted by Gasteiger charge is 2.27. The number of hydrogen-bond acceptors (Lipinski definition) is 6. The lowest BCUT2D eigenvalue weighted by molar-refractivity contribution is 0.0601. The number of rotatable bonds is 4. The number of esters is 1. The standard InChI is InChI=1S/C21H21N3O4S/c1-11-6-5-8-12(18(11)25)14-10-15(24-23-14)19(26)22-20-17(21(27)28-2)13-7-3-4-9-16(13)29-20/h5-6,8,10,25H,3-4,7,9H2,1-2H3,(H,22,26)(H,23,24). The number of nitrogens with zero attached hydrogens (tertiary/aromatic N) is 1. The average molecular weight is 411 g/mol. The molecule has 0 unspecified atom stereocenters. The number of aromatic nitrogens is 2. The van der Waals surface area contributed by atoms with Crippen LogP contribution in [0.5, 0.6) is 5.75 Å². The van der Waals surface area contributed by atoms with E-state index in [1.165, 1.54) is 18.4 Å². The number of thiophene rings is 1. The van der Waals surface area contributed by atoms with Gasteiger partial charge >= 0.3 is 5.97 Å². The molecule has 0 fully saturated rings. The molecule has 8 heteroatoms. The van der Waals surface area contributed by atoms with Crippen molar-refractivity contribution < 1.29 is 19.4 Å². The number of anilines is 1. The quantitative estimate of drug-likeness (QED) is 0.562. The number of methoxy groups -OCH3 is 1. The number of aryl methyl sites for hydroxylation is 2. The average Bonchev–Trinajstić information content (AvgIpc) is 3.34. The lowest BCUT2D eigenvalue weighted by atomic mass is 9.95. The fourth-order valence-electron chi connectivity index (χ4n) is 3.58. The summed E-state index contributed by atoms with van der Waals surface area (Å²) in [5.41, 5.74) is 3.42. The first kappa shape index (κ1) is 19.2. The fraction of sp³-hybridized carbons (Fsp3) is 0.286. The van der Waals surface area contributed by atoms with Crippen molar-refractivity contribution in [2.45, 2.75) is 32.6 Å². The Kier molecular flexibility index (Phi) is 5.10. The molecule has 0 radical (unpaired) electrons. The molecule has 1 aliphatic carbocycles. The number of aromatic amines is 1. The first-order valence-corrected chi connectivity index (χ1v) is 10.2. The number of carbonyl (C=O) groups is 2. The third-order valence-corrected chi connectivity index (χ3v) is 6.33. The Morgan fingerprint density at radius 2 is 2.07 bits per heavy atom. The number of nitrogens with one attached hydrogen (secondary N) is 2. The van der Waals surface area contributed by atoms with Gasteiger partial charge in [0.05, 0.1) is 18.4 Å². The molecule has 1 aliphatic rings. The summed E-state index contributed by atoms with van der Waals surface area (Å²) < 4.78 is 4.94. The zero-order valence-electron chi connectivity index (χ0n) is 16.2. The summed E-state index contributed by atoms with van der Waals surface area (Å²) >= 11 is 1.43. The normalized spacial score (nSPS) is 13.0. The summed E-state index contributed by atoms with van der Waals surface area (Å²) in [6.45, 7) is 1.80. The van der Waals surface area contributed by atoms with Crippen molar-refractivity contribution in [2.75, 3.05) is 12.4 Å². The minimum Gasteiger partial charge on any atom is -0.507 e. The number of para-hydroxylation sites is 1. The highest BCUT2D eigenvalue weighted by atomic mass is 32.1. The van der Waals surface area contributed by atoms with Crippen molar-refractivity contribution in [3.05, 3.63) is 51.5 Å². The van der Waals surface area contributed by atoms with Gasteiger partial charge in [0.25, 0.3) is 5.91 Å². The van der Waals surface area contributed by atoms with Gasteiger partial charge in [-0.05, 0) is 55.9 Å². The van der Waals surface area contributed by atoms with E-state index in [-0.39, 0.29) is 11.4 Å². The summed E-state index contributed by atoms with van der Waals surface area (Å²) in [5, 5.41) is 20.5. The first-order chi connectivity index (χ1) is 14.0. The molecule has 3 N–H and O–H groups in total. The van der Waals surface area contributed by atoms with Gasteiger partial charge < -0.3 is 15.2 Å². The zero-order valence-corrected chi connectivity index (χ0v) is 17.0. The van der Waals surface area contributed by atoms with Gasteiger partial charge in [0.1, 0.15) is 16.4 Å². The molecular formula is C21H21N3O4S. The van der Waals surface area contributed by atoms with Gasteiger partial charge in [-0.3, -0.25) is 9.89 Å². The molecule has 0 saturated carbocycles. The second-order valence-corrected chi connectivity index (χ2v) is 8.10. The lowest BCUT2D eigenvalue weighted by Gasteiger charge is -2.11. The molecule has 3 aromatic rings. The van der Waals surface area contributed by atoms with E-state index in [1.54, 1.807) is 25.1 Å². The Labute approximate surface area is 171 Å². The molecule has 2 aromatic heterocycles. The van der Waals surface area contributed by atoms with Gasteiger partial charge in [0, 0.05) is 10.4 Å². The minimum absolute atomic E-state index is 0.130. The maximum Gasteiger partial charge on any atom is 0.341 e. The van der Waals surface area contributed by atoms with Crippen LogP contribution in [0.2, 0.25) is 0 Å². The molecule has 29 heavy (non-hydrogen) atoms. The number of phenols is 1. The second kappa shape index (κ2) is 7.71. The maximum atomic E-state index is 12.8. The largest absolute Gasteiger partial charge is 0.507 e. The molecule has 0 bridgehead atoms. The van der Waals surface area contributed by atoms with Crippen molar-refractivity contribution in [3.8, 4) is 17.0 Å². The molecule has 1 amide bonds. The summed E-state index contributed by atoms with van der Waals surface area (Å²) in [4.78, 5) is 26.3. The Bertz CT molecular complexity index is 1100. The highest BCUT2D eigenvalue weighted by molar-refractivity contribution is 7.17. The zero-order chi connectivity index (χ0) is 20.5. The summed E-state index contributed by atoms with van der Waals surface area (Å²) in [7, 11) is 1.34. The van der Waals surface area contributed by atoms with Crippen LogP contribution in [0.15, 0.2) is 24.3 Å². The number of fused-ring (bicyclic) bond motifs is 1. The molecule has 4 rings (SSSR count). The molecule has 2 heterocycles. The van der Waals surface area contributed by atoms with Gasteiger partial charge in [-0.25, -0.2) is 4.79 Å². The van der Waals surface area contributed by atoms with Crippen LogP contribution in [0.4, 0.5) is 5.00 Å². The molecule has 1 aromatic carbocycles. The fourth-order valence-corrected chi connectivity index (χ4v) is 4.86. The Balaban J connectivity index is 1.63. The van der Waals surface area contributed by atoms with Gasteiger partial charge in [-0.1, -0.05) is 12.1 Å².